The number of sulfonamides is 1. The molecule has 1 amide bonds. The summed E-state index contributed by atoms with van der Waals surface area (Å²) in [6.45, 7) is 5.05. The molecule has 0 aliphatic carbocycles. The van der Waals surface area contributed by atoms with Gasteiger partial charge in [0.25, 0.3) is 0 Å². The van der Waals surface area contributed by atoms with E-state index in [-0.39, 0.29) is 18.9 Å². The van der Waals surface area contributed by atoms with E-state index in [2.05, 4.69) is 11.8 Å². The summed E-state index contributed by atoms with van der Waals surface area (Å²) in [4.78, 5) is 16.2. The standard InChI is InChI=1S/C19H31N3O3S/c1-4-5-13-20(2)19(23)12-16-22(26(3,24)25)18-10-8-17(9-11-18)21-14-6-7-15-21/h8-11H,4-7,12-16H2,1-3H3. The Morgan fingerprint density at radius 2 is 1.73 bits per heavy atom. The lowest BCUT2D eigenvalue weighted by Gasteiger charge is -2.25. The maximum absolute atomic E-state index is 12.2. The highest BCUT2D eigenvalue weighted by molar-refractivity contribution is 7.92. The second-order valence-corrected chi connectivity index (χ2v) is 8.87. The minimum absolute atomic E-state index is 0.0270. The fourth-order valence-electron chi connectivity index (χ4n) is 3.20. The molecule has 0 bridgehead atoms. The van der Waals surface area contributed by atoms with Crippen LogP contribution in [0.2, 0.25) is 0 Å². The zero-order valence-electron chi connectivity index (χ0n) is 16.1. The van der Waals surface area contributed by atoms with Gasteiger partial charge in [0.05, 0.1) is 11.9 Å². The molecule has 1 aromatic rings. The van der Waals surface area contributed by atoms with E-state index in [1.54, 1.807) is 11.9 Å². The van der Waals surface area contributed by atoms with Crippen LogP contribution >= 0.6 is 0 Å². The Morgan fingerprint density at radius 1 is 1.12 bits per heavy atom. The molecule has 0 aromatic heterocycles. The second-order valence-electron chi connectivity index (χ2n) is 6.96. The van der Waals surface area contributed by atoms with Gasteiger partial charge in [0.2, 0.25) is 15.9 Å². The molecule has 0 spiro atoms. The van der Waals surface area contributed by atoms with Crippen LogP contribution in [-0.4, -0.2) is 58.7 Å². The minimum Gasteiger partial charge on any atom is -0.372 e. The van der Waals surface area contributed by atoms with Crippen molar-refractivity contribution in [3.8, 4) is 0 Å². The molecule has 1 heterocycles. The number of nitrogens with zero attached hydrogens (tertiary/aromatic N) is 3. The fraction of sp³-hybridized carbons (Fsp3) is 0.632. The molecule has 0 saturated carbocycles. The summed E-state index contributed by atoms with van der Waals surface area (Å²) in [5.41, 5.74) is 1.73. The quantitative estimate of drug-likeness (QED) is 0.660. The van der Waals surface area contributed by atoms with Crippen molar-refractivity contribution in [2.75, 3.05) is 48.7 Å². The molecule has 1 saturated heterocycles. The fourth-order valence-corrected chi connectivity index (χ4v) is 4.13. The number of carbonyl (C=O) groups is 1. The van der Waals surface area contributed by atoms with Crippen molar-refractivity contribution in [2.45, 2.75) is 39.0 Å². The number of unbranched alkanes of at least 4 members (excludes halogenated alkanes) is 1. The average molecular weight is 382 g/mol. The Balaban J connectivity index is 2.04. The van der Waals surface area contributed by atoms with Crippen LogP contribution < -0.4 is 9.21 Å². The first-order valence-electron chi connectivity index (χ1n) is 9.39. The van der Waals surface area contributed by atoms with Crippen molar-refractivity contribution in [3.63, 3.8) is 0 Å². The molecule has 0 N–H and O–H groups in total. The van der Waals surface area contributed by atoms with Gasteiger partial charge in [0.15, 0.2) is 0 Å². The number of hydrogen-bond donors (Lipinski definition) is 0. The van der Waals surface area contributed by atoms with Crippen molar-refractivity contribution in [1.29, 1.82) is 0 Å². The minimum atomic E-state index is -3.44. The molecule has 1 aliphatic rings. The second kappa shape index (κ2) is 9.26. The van der Waals surface area contributed by atoms with Crippen molar-refractivity contribution in [3.05, 3.63) is 24.3 Å². The normalized spacial score (nSPS) is 14.5. The van der Waals surface area contributed by atoms with Gasteiger partial charge >= 0.3 is 0 Å². The summed E-state index contributed by atoms with van der Waals surface area (Å²) in [6, 6.07) is 7.60. The topological polar surface area (TPSA) is 60.9 Å². The van der Waals surface area contributed by atoms with Gasteiger partial charge < -0.3 is 9.80 Å². The Morgan fingerprint density at radius 3 is 2.27 bits per heavy atom. The highest BCUT2D eigenvalue weighted by Crippen LogP contribution is 2.25. The molecule has 1 aromatic carbocycles. The van der Waals surface area contributed by atoms with Gasteiger partial charge in [0, 0.05) is 45.3 Å². The van der Waals surface area contributed by atoms with Crippen LogP contribution in [0.3, 0.4) is 0 Å². The molecule has 0 atom stereocenters. The van der Waals surface area contributed by atoms with Gasteiger partial charge in [-0.1, -0.05) is 13.3 Å². The number of rotatable bonds is 9. The van der Waals surface area contributed by atoms with Crippen LogP contribution in [0.15, 0.2) is 24.3 Å². The van der Waals surface area contributed by atoms with Crippen LogP contribution in [-0.2, 0) is 14.8 Å². The van der Waals surface area contributed by atoms with E-state index in [9.17, 15) is 13.2 Å². The van der Waals surface area contributed by atoms with E-state index in [4.69, 9.17) is 0 Å². The van der Waals surface area contributed by atoms with Crippen LogP contribution in [0.1, 0.15) is 39.0 Å². The summed E-state index contributed by atoms with van der Waals surface area (Å²) in [7, 11) is -1.67. The SMILES string of the molecule is CCCCN(C)C(=O)CCN(c1ccc(N2CCCC2)cc1)S(C)(=O)=O. The molecule has 2 rings (SSSR count). The van der Waals surface area contributed by atoms with Gasteiger partial charge in [-0.2, -0.15) is 0 Å². The molecule has 0 unspecified atom stereocenters. The third-order valence-electron chi connectivity index (χ3n) is 4.81. The zero-order chi connectivity index (χ0) is 19.2. The Kier molecular flexibility index (Phi) is 7.32. The number of benzene rings is 1. The highest BCUT2D eigenvalue weighted by atomic mass is 32.2. The Hall–Kier alpha value is -1.76. The highest BCUT2D eigenvalue weighted by Gasteiger charge is 2.20. The van der Waals surface area contributed by atoms with Crippen molar-refractivity contribution >= 4 is 27.3 Å². The third kappa shape index (κ3) is 5.62. The Bertz CT molecular complexity index is 682. The first kappa shape index (κ1) is 20.6. The van der Waals surface area contributed by atoms with Crippen molar-refractivity contribution < 1.29 is 13.2 Å². The van der Waals surface area contributed by atoms with E-state index in [1.807, 2.05) is 24.3 Å². The third-order valence-corrected chi connectivity index (χ3v) is 6.00. The number of carbonyl (C=O) groups excluding carboxylic acids is 1. The molecule has 0 radical (unpaired) electrons. The molecule has 7 heteroatoms. The van der Waals surface area contributed by atoms with Crippen molar-refractivity contribution in [1.82, 2.24) is 4.90 Å². The smallest absolute Gasteiger partial charge is 0.232 e. The van der Waals surface area contributed by atoms with Crippen LogP contribution in [0, 0.1) is 0 Å². The lowest BCUT2D eigenvalue weighted by molar-refractivity contribution is -0.129. The Labute approximate surface area is 157 Å². The first-order chi connectivity index (χ1) is 12.3. The molecule has 6 nitrogen and oxygen atoms in total. The molecule has 1 fully saturated rings. The van der Waals surface area contributed by atoms with Crippen molar-refractivity contribution in [2.24, 2.45) is 0 Å². The summed E-state index contributed by atoms with van der Waals surface area (Å²) in [5, 5.41) is 0. The molecule has 26 heavy (non-hydrogen) atoms. The lowest BCUT2D eigenvalue weighted by Crippen LogP contribution is -2.35. The van der Waals surface area contributed by atoms with Crippen LogP contribution in [0.25, 0.3) is 0 Å². The molecule has 146 valence electrons. The maximum atomic E-state index is 12.2. The largest absolute Gasteiger partial charge is 0.372 e. The van der Waals surface area contributed by atoms with E-state index in [1.165, 1.54) is 23.4 Å². The van der Waals surface area contributed by atoms with Crippen LogP contribution in [0.5, 0.6) is 0 Å². The van der Waals surface area contributed by atoms with Gasteiger partial charge in [-0.25, -0.2) is 8.42 Å². The number of hydrogen-bond acceptors (Lipinski definition) is 4. The van der Waals surface area contributed by atoms with Gasteiger partial charge in [0.1, 0.15) is 0 Å². The predicted molar refractivity (Wildman–Crippen MR) is 107 cm³/mol. The van der Waals surface area contributed by atoms with E-state index >= 15 is 0 Å². The van der Waals surface area contributed by atoms with Gasteiger partial charge in [-0.15, -0.1) is 0 Å². The summed E-state index contributed by atoms with van der Waals surface area (Å²) < 4.78 is 25.8. The van der Waals surface area contributed by atoms with E-state index in [0.717, 1.165) is 31.6 Å². The zero-order valence-corrected chi connectivity index (χ0v) is 17.0. The lowest BCUT2D eigenvalue weighted by atomic mass is 10.2. The molecular formula is C19H31N3O3S. The summed E-state index contributed by atoms with van der Waals surface area (Å²) in [6.07, 6.45) is 5.75. The molecule has 1 aliphatic heterocycles. The maximum Gasteiger partial charge on any atom is 0.232 e. The average Bonchev–Trinajstić information content (AvgIpc) is 3.13. The monoisotopic (exact) mass is 381 g/mol. The predicted octanol–water partition coefficient (Wildman–Crippen LogP) is 2.70. The molecular weight excluding hydrogens is 350 g/mol. The summed E-state index contributed by atoms with van der Waals surface area (Å²) in [5.74, 6) is -0.0270. The van der Waals surface area contributed by atoms with Gasteiger partial charge in [-0.05, 0) is 43.5 Å². The number of anilines is 2. The summed E-state index contributed by atoms with van der Waals surface area (Å²) >= 11 is 0. The van der Waals surface area contributed by atoms with E-state index in [0.29, 0.717) is 12.2 Å². The van der Waals surface area contributed by atoms with E-state index < -0.39 is 10.0 Å². The van der Waals surface area contributed by atoms with Crippen LogP contribution in [0.4, 0.5) is 11.4 Å². The first-order valence-corrected chi connectivity index (χ1v) is 11.2. The number of amides is 1. The van der Waals surface area contributed by atoms with Gasteiger partial charge in [-0.3, -0.25) is 9.10 Å².